The summed E-state index contributed by atoms with van der Waals surface area (Å²) in [5.41, 5.74) is 6.03. The first kappa shape index (κ1) is 22.6. The Hall–Kier alpha value is -4.61. The van der Waals surface area contributed by atoms with Crippen LogP contribution in [-0.2, 0) is 12.8 Å². The van der Waals surface area contributed by atoms with E-state index in [0.29, 0.717) is 5.92 Å². The van der Waals surface area contributed by atoms with Gasteiger partial charge in [0.25, 0.3) is 0 Å². The molecule has 0 saturated carbocycles. The number of hydrogen-bond acceptors (Lipinski definition) is 2. The number of nitrogens with zero attached hydrogens (tertiary/aromatic N) is 1. The number of aromatic nitrogens is 1. The van der Waals surface area contributed by atoms with Crippen molar-refractivity contribution in [2.75, 3.05) is 6.61 Å². The number of para-hydroxylation sites is 1. The van der Waals surface area contributed by atoms with Crippen LogP contribution in [0, 0.1) is 12.3 Å². The SMILES string of the molecule is C#CCOc1ccccc1-c1nc(C2CCc3c(ccc4c3ccc3ccccc34)C2)cc2ccccc12. The van der Waals surface area contributed by atoms with Gasteiger partial charge in [0.05, 0.1) is 5.69 Å². The van der Waals surface area contributed by atoms with Crippen molar-refractivity contribution in [3.8, 4) is 29.4 Å². The Kier molecular flexibility index (Phi) is 5.56. The van der Waals surface area contributed by atoms with Gasteiger partial charge in [-0.1, -0.05) is 90.8 Å². The molecular formula is C36H27NO. The monoisotopic (exact) mass is 489 g/mol. The van der Waals surface area contributed by atoms with Gasteiger partial charge in [-0.05, 0) is 75.5 Å². The first-order valence-corrected chi connectivity index (χ1v) is 13.3. The number of ether oxygens (including phenoxy) is 1. The third kappa shape index (κ3) is 3.80. The number of terminal acetylenes is 1. The summed E-state index contributed by atoms with van der Waals surface area (Å²) in [5.74, 6) is 3.72. The summed E-state index contributed by atoms with van der Waals surface area (Å²) >= 11 is 0. The van der Waals surface area contributed by atoms with E-state index < -0.39 is 0 Å². The van der Waals surface area contributed by atoms with Gasteiger partial charge in [-0.25, -0.2) is 0 Å². The van der Waals surface area contributed by atoms with Gasteiger partial charge in [-0.2, -0.15) is 0 Å². The molecule has 0 saturated heterocycles. The average Bonchev–Trinajstić information content (AvgIpc) is 2.99. The fourth-order valence-electron chi connectivity index (χ4n) is 6.16. The molecule has 5 aromatic carbocycles. The largest absolute Gasteiger partial charge is 0.480 e. The van der Waals surface area contributed by atoms with Crippen molar-refractivity contribution in [3.05, 3.63) is 120 Å². The number of benzene rings is 5. The number of fused-ring (bicyclic) bond motifs is 6. The second-order valence-electron chi connectivity index (χ2n) is 10.1. The van der Waals surface area contributed by atoms with E-state index in [1.807, 2.05) is 18.2 Å². The second kappa shape index (κ2) is 9.36. The molecule has 0 bridgehead atoms. The van der Waals surface area contributed by atoms with Crippen molar-refractivity contribution in [1.29, 1.82) is 0 Å². The molecule has 1 aliphatic carbocycles. The second-order valence-corrected chi connectivity index (χ2v) is 10.1. The van der Waals surface area contributed by atoms with Crippen molar-refractivity contribution in [2.24, 2.45) is 0 Å². The molecule has 182 valence electrons. The molecule has 38 heavy (non-hydrogen) atoms. The highest BCUT2D eigenvalue weighted by atomic mass is 16.5. The van der Waals surface area contributed by atoms with E-state index in [-0.39, 0.29) is 6.61 Å². The summed E-state index contributed by atoms with van der Waals surface area (Å²) in [6.45, 7) is 0.233. The maximum atomic E-state index is 5.92. The van der Waals surface area contributed by atoms with E-state index in [0.717, 1.165) is 47.3 Å². The molecule has 2 nitrogen and oxygen atoms in total. The highest BCUT2D eigenvalue weighted by molar-refractivity contribution is 6.08. The smallest absolute Gasteiger partial charge is 0.148 e. The van der Waals surface area contributed by atoms with Gasteiger partial charge in [0.15, 0.2) is 0 Å². The van der Waals surface area contributed by atoms with E-state index in [1.54, 1.807) is 0 Å². The summed E-state index contributed by atoms with van der Waals surface area (Å²) in [5, 5.41) is 7.72. The minimum absolute atomic E-state index is 0.233. The molecule has 6 aromatic rings. The normalized spacial score (nSPS) is 14.9. The Morgan fingerprint density at radius 1 is 0.763 bits per heavy atom. The molecule has 0 N–H and O–H groups in total. The van der Waals surface area contributed by atoms with Crippen LogP contribution >= 0.6 is 0 Å². The van der Waals surface area contributed by atoms with E-state index in [1.165, 1.54) is 38.1 Å². The summed E-state index contributed by atoms with van der Waals surface area (Å²) in [7, 11) is 0. The van der Waals surface area contributed by atoms with Crippen LogP contribution in [0.4, 0.5) is 0 Å². The third-order valence-electron chi connectivity index (χ3n) is 7.98. The molecule has 1 aliphatic rings. The van der Waals surface area contributed by atoms with Crippen LogP contribution in [0.1, 0.15) is 29.2 Å². The Morgan fingerprint density at radius 2 is 1.53 bits per heavy atom. The van der Waals surface area contributed by atoms with Gasteiger partial charge in [0.2, 0.25) is 0 Å². The lowest BCUT2D eigenvalue weighted by molar-refractivity contribution is 0.372. The molecule has 0 radical (unpaired) electrons. The molecule has 0 amide bonds. The molecule has 2 heteroatoms. The highest BCUT2D eigenvalue weighted by Crippen LogP contribution is 2.40. The van der Waals surface area contributed by atoms with Crippen molar-refractivity contribution in [2.45, 2.75) is 25.2 Å². The number of aryl methyl sites for hydroxylation is 1. The minimum Gasteiger partial charge on any atom is -0.480 e. The van der Waals surface area contributed by atoms with Crippen molar-refractivity contribution in [3.63, 3.8) is 0 Å². The first-order valence-electron chi connectivity index (χ1n) is 13.3. The molecule has 1 unspecified atom stereocenters. The number of pyridine rings is 1. The van der Waals surface area contributed by atoms with Crippen LogP contribution < -0.4 is 4.74 Å². The Bertz CT molecular complexity index is 1880. The predicted octanol–water partition coefficient (Wildman–Crippen LogP) is 8.49. The summed E-state index contributed by atoms with van der Waals surface area (Å²) in [4.78, 5) is 5.31. The van der Waals surface area contributed by atoms with Gasteiger partial charge in [0.1, 0.15) is 12.4 Å². The third-order valence-corrected chi connectivity index (χ3v) is 7.98. The Morgan fingerprint density at radius 3 is 2.42 bits per heavy atom. The fraction of sp³-hybridized carbons (Fsp3) is 0.139. The lowest BCUT2D eigenvalue weighted by Crippen LogP contribution is -2.15. The zero-order valence-electron chi connectivity index (χ0n) is 21.2. The molecule has 1 atom stereocenters. The molecule has 1 aromatic heterocycles. The number of hydrogen-bond donors (Lipinski definition) is 0. The summed E-state index contributed by atoms with van der Waals surface area (Å²) in [6.07, 6.45) is 8.62. The first-order chi connectivity index (χ1) is 18.8. The topological polar surface area (TPSA) is 22.1 Å². The van der Waals surface area contributed by atoms with Gasteiger partial charge in [0, 0.05) is 22.6 Å². The summed E-state index contributed by atoms with van der Waals surface area (Å²) < 4.78 is 5.92. The van der Waals surface area contributed by atoms with Gasteiger partial charge < -0.3 is 4.74 Å². The van der Waals surface area contributed by atoms with E-state index in [2.05, 4.69) is 90.8 Å². The lowest BCUT2D eigenvalue weighted by Gasteiger charge is -2.26. The zero-order chi connectivity index (χ0) is 25.5. The number of rotatable bonds is 4. The van der Waals surface area contributed by atoms with E-state index in [4.69, 9.17) is 16.1 Å². The maximum Gasteiger partial charge on any atom is 0.148 e. The highest BCUT2D eigenvalue weighted by Gasteiger charge is 2.24. The van der Waals surface area contributed by atoms with Crippen LogP contribution in [0.25, 0.3) is 43.6 Å². The van der Waals surface area contributed by atoms with Crippen molar-refractivity contribution < 1.29 is 4.74 Å². The van der Waals surface area contributed by atoms with Gasteiger partial charge >= 0.3 is 0 Å². The molecule has 1 heterocycles. The average molecular weight is 490 g/mol. The Labute approximate surface area is 222 Å². The minimum atomic E-state index is 0.233. The van der Waals surface area contributed by atoms with Crippen LogP contribution in [0.5, 0.6) is 5.75 Å². The van der Waals surface area contributed by atoms with Gasteiger partial charge in [-0.3, -0.25) is 4.98 Å². The van der Waals surface area contributed by atoms with Crippen LogP contribution in [0.15, 0.2) is 103 Å². The van der Waals surface area contributed by atoms with Crippen molar-refractivity contribution >= 4 is 32.3 Å². The molecule has 0 aliphatic heterocycles. The lowest BCUT2D eigenvalue weighted by atomic mass is 9.79. The van der Waals surface area contributed by atoms with E-state index >= 15 is 0 Å². The van der Waals surface area contributed by atoms with Crippen molar-refractivity contribution in [1.82, 2.24) is 4.98 Å². The Balaban J connectivity index is 1.32. The standard InChI is InChI=1S/C36H27NO/c1-2-21-38-35-14-8-7-13-33(35)36-30-12-6-4-10-25(30)23-34(37-36)27-17-18-29-26(22-27)16-20-31-28-11-5-3-9-24(28)15-19-32(29)31/h1,3-16,19-20,23,27H,17-18,21-22H2. The molecular weight excluding hydrogens is 462 g/mol. The fourth-order valence-corrected chi connectivity index (χ4v) is 6.16. The van der Waals surface area contributed by atoms with E-state index in [9.17, 15) is 0 Å². The van der Waals surface area contributed by atoms with Crippen LogP contribution in [-0.4, -0.2) is 11.6 Å². The van der Waals surface area contributed by atoms with Crippen LogP contribution in [0.2, 0.25) is 0 Å². The van der Waals surface area contributed by atoms with Crippen LogP contribution in [0.3, 0.4) is 0 Å². The molecule has 0 fully saturated rings. The molecule has 7 rings (SSSR count). The maximum absolute atomic E-state index is 5.92. The quantitative estimate of drug-likeness (QED) is 0.183. The zero-order valence-corrected chi connectivity index (χ0v) is 21.2. The predicted molar refractivity (Wildman–Crippen MR) is 158 cm³/mol. The summed E-state index contributed by atoms with van der Waals surface area (Å²) in [6, 6.07) is 36.8. The molecule has 0 spiro atoms. The van der Waals surface area contributed by atoms with Gasteiger partial charge in [-0.15, -0.1) is 6.42 Å².